The number of rotatable bonds is 5. The van der Waals surface area contributed by atoms with Gasteiger partial charge in [-0.1, -0.05) is 6.08 Å². The van der Waals surface area contributed by atoms with Crippen LogP contribution < -0.4 is 0 Å². The Balaban J connectivity index is 3.04. The van der Waals surface area contributed by atoms with Gasteiger partial charge in [-0.2, -0.15) is 9.49 Å². The van der Waals surface area contributed by atoms with Crippen LogP contribution in [-0.2, 0) is 0 Å². The Morgan fingerprint density at radius 2 is 2.40 bits per heavy atom. The number of carbonyl (C=O) groups excluding carboxylic acids is 1. The molecule has 0 N–H and O–H groups in total. The number of aromatic nitrogens is 2. The summed E-state index contributed by atoms with van der Waals surface area (Å²) in [4.78, 5) is 10.4. The van der Waals surface area contributed by atoms with Crippen LogP contribution in [0.4, 0.5) is 8.78 Å². The van der Waals surface area contributed by atoms with E-state index in [9.17, 15) is 13.6 Å². The lowest BCUT2D eigenvalue weighted by molar-refractivity contribution is 0.111. The lowest BCUT2D eigenvalue weighted by Gasteiger charge is -2.10. The number of nitrogens with zero attached hydrogens (tertiary/aromatic N) is 2. The predicted octanol–water partition coefficient (Wildman–Crippen LogP) is 2.44. The van der Waals surface area contributed by atoms with E-state index < -0.39 is 12.0 Å². The lowest BCUT2D eigenvalue weighted by atomic mass is 10.2. The third kappa shape index (κ3) is 2.37. The van der Waals surface area contributed by atoms with Gasteiger partial charge in [0.05, 0.1) is 24.1 Å². The van der Waals surface area contributed by atoms with Crippen molar-refractivity contribution in [2.24, 2.45) is 0 Å². The number of hydrogen-bond acceptors (Lipinski definition) is 2. The van der Waals surface area contributed by atoms with E-state index in [1.807, 2.05) is 0 Å². The van der Waals surface area contributed by atoms with Crippen molar-refractivity contribution in [1.82, 2.24) is 9.78 Å². The van der Waals surface area contributed by atoms with Crippen LogP contribution in [-0.4, -0.2) is 16.1 Å². The molecule has 0 aliphatic rings. The summed E-state index contributed by atoms with van der Waals surface area (Å²) in [5.74, 6) is -0.769. The zero-order valence-electron chi connectivity index (χ0n) is 7.94. The molecule has 0 fully saturated rings. The van der Waals surface area contributed by atoms with Gasteiger partial charge in [0.1, 0.15) is 0 Å². The summed E-state index contributed by atoms with van der Waals surface area (Å²) in [5, 5.41) is 3.67. The molecule has 80 valence electrons. The van der Waals surface area contributed by atoms with Crippen molar-refractivity contribution in [3.05, 3.63) is 42.8 Å². The van der Waals surface area contributed by atoms with Crippen LogP contribution in [0.1, 0.15) is 22.8 Å². The van der Waals surface area contributed by atoms with Gasteiger partial charge in [0.15, 0.2) is 6.29 Å². The van der Waals surface area contributed by atoms with E-state index in [0.29, 0.717) is 19.0 Å². The third-order valence-electron chi connectivity index (χ3n) is 1.90. The fourth-order valence-corrected chi connectivity index (χ4v) is 1.19. The molecule has 0 aromatic carbocycles. The fraction of sp³-hybridized carbons (Fsp3) is 0.200. The Kier molecular flexibility index (Phi) is 3.91. The second kappa shape index (κ2) is 5.19. The molecule has 0 amide bonds. The molecule has 5 heteroatoms. The first-order valence-corrected chi connectivity index (χ1v) is 4.30. The summed E-state index contributed by atoms with van der Waals surface area (Å²) in [6.45, 7) is 3.48. The fourth-order valence-electron chi connectivity index (χ4n) is 1.19. The molecule has 1 aromatic rings. The minimum atomic E-state index is -0.769. The van der Waals surface area contributed by atoms with E-state index >= 15 is 0 Å². The van der Waals surface area contributed by atoms with Crippen molar-refractivity contribution in [3.63, 3.8) is 0 Å². The van der Waals surface area contributed by atoms with E-state index in [1.54, 1.807) is 0 Å². The summed E-state index contributed by atoms with van der Waals surface area (Å²) in [7, 11) is 0. The van der Waals surface area contributed by atoms with Crippen LogP contribution in [0.2, 0.25) is 0 Å². The average molecular weight is 212 g/mol. The maximum absolute atomic E-state index is 13.4. The molecule has 0 spiro atoms. The monoisotopic (exact) mass is 212 g/mol. The molecule has 0 bridgehead atoms. The summed E-state index contributed by atoms with van der Waals surface area (Å²) in [6.07, 6.45) is 4.78. The Bertz CT molecular complexity index is 385. The molecule has 1 heterocycles. The smallest absolute Gasteiger partial charge is 0.222 e. The lowest BCUT2D eigenvalue weighted by Crippen LogP contribution is -2.10. The second-order valence-electron chi connectivity index (χ2n) is 2.86. The molecule has 0 saturated heterocycles. The highest BCUT2D eigenvalue weighted by atomic mass is 19.1. The van der Waals surface area contributed by atoms with E-state index in [0.717, 1.165) is 17.0 Å². The molecule has 0 saturated carbocycles. The third-order valence-corrected chi connectivity index (χ3v) is 1.90. The quantitative estimate of drug-likeness (QED) is 0.555. The predicted molar refractivity (Wildman–Crippen MR) is 51.7 cm³/mol. The van der Waals surface area contributed by atoms with Gasteiger partial charge in [0.2, 0.25) is 5.95 Å². The molecule has 1 rings (SSSR count). The van der Waals surface area contributed by atoms with Gasteiger partial charge in [0.25, 0.3) is 0 Å². The highest BCUT2D eigenvalue weighted by Crippen LogP contribution is 2.17. The van der Waals surface area contributed by atoms with E-state index in [4.69, 9.17) is 0 Å². The van der Waals surface area contributed by atoms with Crippen molar-refractivity contribution < 1.29 is 13.6 Å². The van der Waals surface area contributed by atoms with Crippen molar-refractivity contribution >= 4 is 6.29 Å². The normalized spacial score (nSPS) is 12.9. The topological polar surface area (TPSA) is 34.9 Å². The number of allylic oxidation sites excluding steroid dienone is 2. The van der Waals surface area contributed by atoms with Crippen molar-refractivity contribution in [3.8, 4) is 0 Å². The molecule has 1 unspecified atom stereocenters. The first-order chi connectivity index (χ1) is 7.24. The Morgan fingerprint density at radius 3 is 2.87 bits per heavy atom. The molecule has 0 aliphatic carbocycles. The standard InChI is InChI=1S/C10H10F2N2O/c1-2-3-9(4-5-11)14-10(12)8(7-15)6-13-14/h2,4-7,9H,1,3H2. The Morgan fingerprint density at radius 1 is 1.67 bits per heavy atom. The van der Waals surface area contributed by atoms with Gasteiger partial charge in [-0.25, -0.2) is 9.07 Å². The molecule has 15 heavy (non-hydrogen) atoms. The minimum absolute atomic E-state index is 0.142. The van der Waals surface area contributed by atoms with Gasteiger partial charge in [-0.05, 0) is 12.5 Å². The molecule has 3 nitrogen and oxygen atoms in total. The summed E-state index contributed by atoms with van der Waals surface area (Å²) >= 11 is 0. The molecule has 1 aromatic heterocycles. The second-order valence-corrected chi connectivity index (χ2v) is 2.86. The Hall–Kier alpha value is -1.78. The molecular formula is C10H10F2N2O. The van der Waals surface area contributed by atoms with E-state index in [-0.39, 0.29) is 5.56 Å². The van der Waals surface area contributed by atoms with Crippen molar-refractivity contribution in [2.75, 3.05) is 0 Å². The molecular weight excluding hydrogens is 202 g/mol. The molecule has 0 aliphatic heterocycles. The zero-order valence-corrected chi connectivity index (χ0v) is 7.94. The minimum Gasteiger partial charge on any atom is -0.298 e. The van der Waals surface area contributed by atoms with Crippen LogP contribution in [0.15, 0.2) is 31.3 Å². The number of halogens is 2. The number of carbonyl (C=O) groups is 1. The van der Waals surface area contributed by atoms with Gasteiger partial charge >= 0.3 is 0 Å². The van der Waals surface area contributed by atoms with Crippen LogP contribution in [0.5, 0.6) is 0 Å². The maximum atomic E-state index is 13.4. The Labute approximate surface area is 85.7 Å². The van der Waals surface area contributed by atoms with Gasteiger partial charge in [0, 0.05) is 0 Å². The van der Waals surface area contributed by atoms with E-state index in [2.05, 4.69) is 11.7 Å². The highest BCUT2D eigenvalue weighted by molar-refractivity contribution is 5.73. The molecule has 1 atom stereocenters. The first kappa shape index (κ1) is 11.3. The van der Waals surface area contributed by atoms with Crippen LogP contribution in [0.3, 0.4) is 0 Å². The average Bonchev–Trinajstić information content (AvgIpc) is 2.59. The van der Waals surface area contributed by atoms with Crippen molar-refractivity contribution in [2.45, 2.75) is 12.5 Å². The first-order valence-electron chi connectivity index (χ1n) is 4.30. The molecule has 0 radical (unpaired) electrons. The summed E-state index contributed by atoms with van der Waals surface area (Å²) < 4.78 is 26.4. The maximum Gasteiger partial charge on any atom is 0.222 e. The summed E-state index contributed by atoms with van der Waals surface area (Å²) in [6, 6.07) is -0.596. The zero-order chi connectivity index (χ0) is 11.3. The summed E-state index contributed by atoms with van der Waals surface area (Å²) in [5.41, 5.74) is -0.142. The number of hydrogen-bond donors (Lipinski definition) is 0. The van der Waals surface area contributed by atoms with Crippen LogP contribution in [0, 0.1) is 5.95 Å². The van der Waals surface area contributed by atoms with Crippen LogP contribution in [0.25, 0.3) is 0 Å². The van der Waals surface area contributed by atoms with Gasteiger partial charge < -0.3 is 0 Å². The number of aldehydes is 1. The highest BCUT2D eigenvalue weighted by Gasteiger charge is 2.15. The van der Waals surface area contributed by atoms with Gasteiger partial charge in [-0.15, -0.1) is 6.58 Å². The largest absolute Gasteiger partial charge is 0.298 e. The van der Waals surface area contributed by atoms with Crippen molar-refractivity contribution in [1.29, 1.82) is 0 Å². The van der Waals surface area contributed by atoms with E-state index in [1.165, 1.54) is 6.08 Å². The van der Waals surface area contributed by atoms with Gasteiger partial charge in [-0.3, -0.25) is 4.79 Å². The SMILES string of the molecule is C=CCC(C=CF)n1ncc(C=O)c1F. The van der Waals surface area contributed by atoms with Crippen LogP contribution >= 0.6 is 0 Å².